The second-order valence-corrected chi connectivity index (χ2v) is 6.87. The molecule has 22 heavy (non-hydrogen) atoms. The number of aryl methyl sites for hydroxylation is 1. The lowest BCUT2D eigenvalue weighted by atomic mass is 10.1. The van der Waals surface area contributed by atoms with Gasteiger partial charge in [0.2, 0.25) is 0 Å². The first-order valence-electron chi connectivity index (χ1n) is 6.52. The van der Waals surface area contributed by atoms with E-state index in [4.69, 9.17) is 16.3 Å². The normalized spacial score (nSPS) is 10.4. The Morgan fingerprint density at radius 3 is 2.50 bits per heavy atom. The number of halogens is 3. The molecule has 6 heteroatoms. The molecule has 0 aromatic heterocycles. The van der Waals surface area contributed by atoms with Crippen LogP contribution in [0, 0.1) is 13.8 Å². The van der Waals surface area contributed by atoms with Crippen molar-refractivity contribution in [2.45, 2.75) is 13.8 Å². The maximum absolute atomic E-state index is 11.9. The van der Waals surface area contributed by atoms with Gasteiger partial charge in [-0.2, -0.15) is 0 Å². The molecule has 0 aliphatic carbocycles. The lowest BCUT2D eigenvalue weighted by molar-refractivity contribution is -0.118. The van der Waals surface area contributed by atoms with Crippen LogP contribution in [0.5, 0.6) is 5.75 Å². The van der Waals surface area contributed by atoms with E-state index in [0.29, 0.717) is 10.8 Å². The number of amides is 1. The van der Waals surface area contributed by atoms with Crippen molar-refractivity contribution in [1.29, 1.82) is 0 Å². The van der Waals surface area contributed by atoms with Crippen molar-refractivity contribution in [1.82, 2.24) is 0 Å². The van der Waals surface area contributed by atoms with Crippen LogP contribution in [-0.4, -0.2) is 12.5 Å². The zero-order valence-electron chi connectivity index (χ0n) is 12.0. The van der Waals surface area contributed by atoms with E-state index in [0.717, 1.165) is 25.8 Å². The number of rotatable bonds is 4. The molecule has 2 aromatic rings. The smallest absolute Gasteiger partial charge is 0.262 e. The predicted octanol–water partition coefficient (Wildman–Crippen LogP) is 5.50. The van der Waals surface area contributed by atoms with Gasteiger partial charge in [0.05, 0.1) is 4.47 Å². The van der Waals surface area contributed by atoms with Gasteiger partial charge >= 0.3 is 0 Å². The first kappa shape index (κ1) is 17.3. The van der Waals surface area contributed by atoms with Gasteiger partial charge < -0.3 is 10.1 Å². The fraction of sp³-hybridized carbons (Fsp3) is 0.188. The van der Waals surface area contributed by atoms with Gasteiger partial charge in [0.25, 0.3) is 5.91 Å². The van der Waals surface area contributed by atoms with Crippen LogP contribution in [0.1, 0.15) is 11.1 Å². The van der Waals surface area contributed by atoms with Gasteiger partial charge in [-0.1, -0.05) is 27.5 Å². The molecule has 2 rings (SSSR count). The Morgan fingerprint density at radius 1 is 1.23 bits per heavy atom. The quantitative estimate of drug-likeness (QED) is 0.672. The van der Waals surface area contributed by atoms with E-state index in [2.05, 4.69) is 37.2 Å². The average molecular weight is 448 g/mol. The summed E-state index contributed by atoms with van der Waals surface area (Å²) < 4.78 is 7.30. The average Bonchev–Trinajstić information content (AvgIpc) is 2.50. The summed E-state index contributed by atoms with van der Waals surface area (Å²) in [6.45, 7) is 3.72. The van der Waals surface area contributed by atoms with E-state index < -0.39 is 0 Å². The maximum atomic E-state index is 11.9. The minimum absolute atomic E-state index is 0.0742. The van der Waals surface area contributed by atoms with Crippen molar-refractivity contribution in [3.63, 3.8) is 0 Å². The van der Waals surface area contributed by atoms with Gasteiger partial charge in [-0.3, -0.25) is 4.79 Å². The third kappa shape index (κ3) is 4.24. The Labute approximate surface area is 151 Å². The number of hydrogen-bond donors (Lipinski definition) is 1. The van der Waals surface area contributed by atoms with Crippen molar-refractivity contribution >= 4 is 55.1 Å². The second-order valence-electron chi connectivity index (χ2n) is 4.79. The van der Waals surface area contributed by atoms with Gasteiger partial charge in [0.1, 0.15) is 5.75 Å². The van der Waals surface area contributed by atoms with E-state index in [1.54, 1.807) is 0 Å². The minimum Gasteiger partial charge on any atom is -0.483 e. The van der Waals surface area contributed by atoms with E-state index in [-0.39, 0.29) is 12.5 Å². The Bertz CT molecular complexity index is 702. The summed E-state index contributed by atoms with van der Waals surface area (Å²) in [5, 5.41) is 3.47. The summed E-state index contributed by atoms with van der Waals surface area (Å²) in [4.78, 5) is 11.9. The van der Waals surface area contributed by atoms with Gasteiger partial charge in [0, 0.05) is 15.2 Å². The number of carbonyl (C=O) groups excluding carboxylic acids is 1. The first-order valence-corrected chi connectivity index (χ1v) is 8.48. The standard InChI is InChI=1S/C16H14Br2ClNO2/c1-9-7-13(15(18)10(2)16(9)19)22-8-14(21)20-12-5-3-11(17)4-6-12/h3-7H,8H2,1-2H3,(H,20,21). The molecule has 0 bridgehead atoms. The summed E-state index contributed by atoms with van der Waals surface area (Å²) >= 11 is 13.0. The Morgan fingerprint density at radius 2 is 1.86 bits per heavy atom. The van der Waals surface area contributed by atoms with Crippen molar-refractivity contribution in [2.24, 2.45) is 0 Å². The number of hydrogen-bond acceptors (Lipinski definition) is 2. The van der Waals surface area contributed by atoms with Crippen molar-refractivity contribution in [3.05, 3.63) is 55.4 Å². The third-order valence-corrected chi connectivity index (χ3v) is 5.15. The van der Waals surface area contributed by atoms with Crippen molar-refractivity contribution in [3.8, 4) is 5.75 Å². The van der Waals surface area contributed by atoms with Crippen LogP contribution in [0.2, 0.25) is 5.02 Å². The monoisotopic (exact) mass is 445 g/mol. The fourth-order valence-corrected chi connectivity index (χ4v) is 2.83. The zero-order chi connectivity index (χ0) is 16.3. The number of benzene rings is 2. The summed E-state index contributed by atoms with van der Waals surface area (Å²) in [5.41, 5.74) is 2.52. The molecule has 2 aromatic carbocycles. The fourth-order valence-electron chi connectivity index (χ4n) is 1.88. The number of ether oxygens (including phenoxy) is 1. The minimum atomic E-state index is -0.223. The van der Waals surface area contributed by atoms with Gasteiger partial charge in [-0.15, -0.1) is 0 Å². The highest BCUT2D eigenvalue weighted by Gasteiger charge is 2.12. The van der Waals surface area contributed by atoms with Gasteiger partial charge in [-0.25, -0.2) is 0 Å². The molecule has 0 unspecified atom stereocenters. The molecule has 0 saturated carbocycles. The summed E-state index contributed by atoms with van der Waals surface area (Å²) in [7, 11) is 0. The summed E-state index contributed by atoms with van der Waals surface area (Å²) in [6.07, 6.45) is 0. The molecule has 0 aliphatic heterocycles. The molecule has 0 fully saturated rings. The highest BCUT2D eigenvalue weighted by atomic mass is 79.9. The molecule has 0 aliphatic rings. The number of anilines is 1. The predicted molar refractivity (Wildman–Crippen MR) is 96.9 cm³/mol. The van der Waals surface area contributed by atoms with Crippen LogP contribution < -0.4 is 10.1 Å². The number of nitrogens with one attached hydrogen (secondary N) is 1. The highest BCUT2D eigenvalue weighted by molar-refractivity contribution is 9.10. The van der Waals surface area contributed by atoms with Gasteiger partial charge in [0.15, 0.2) is 6.61 Å². The lowest BCUT2D eigenvalue weighted by Crippen LogP contribution is -2.20. The zero-order valence-corrected chi connectivity index (χ0v) is 16.0. The van der Waals surface area contributed by atoms with Crippen LogP contribution in [0.4, 0.5) is 5.69 Å². The Balaban J connectivity index is 2.01. The highest BCUT2D eigenvalue weighted by Crippen LogP contribution is 2.35. The molecular weight excluding hydrogens is 433 g/mol. The molecule has 3 nitrogen and oxygen atoms in total. The maximum Gasteiger partial charge on any atom is 0.262 e. The van der Waals surface area contributed by atoms with Crippen molar-refractivity contribution in [2.75, 3.05) is 11.9 Å². The van der Waals surface area contributed by atoms with E-state index in [1.165, 1.54) is 0 Å². The topological polar surface area (TPSA) is 38.3 Å². The molecule has 116 valence electrons. The third-order valence-electron chi connectivity index (χ3n) is 3.06. The second kappa shape index (κ2) is 7.49. The van der Waals surface area contributed by atoms with Crippen LogP contribution in [0.15, 0.2) is 39.3 Å². The Hall–Kier alpha value is -1.04. The van der Waals surface area contributed by atoms with Crippen LogP contribution in [-0.2, 0) is 4.79 Å². The van der Waals surface area contributed by atoms with E-state index >= 15 is 0 Å². The van der Waals surface area contributed by atoms with Crippen molar-refractivity contribution < 1.29 is 9.53 Å². The molecule has 0 radical (unpaired) electrons. The molecule has 0 saturated heterocycles. The number of carbonyl (C=O) groups is 1. The Kier molecular flexibility index (Phi) is 5.89. The molecule has 0 spiro atoms. The summed E-state index contributed by atoms with van der Waals surface area (Å²) in [6, 6.07) is 9.16. The van der Waals surface area contributed by atoms with E-state index in [9.17, 15) is 4.79 Å². The van der Waals surface area contributed by atoms with Crippen LogP contribution in [0.25, 0.3) is 0 Å². The van der Waals surface area contributed by atoms with Gasteiger partial charge in [-0.05, 0) is 71.2 Å². The SMILES string of the molecule is Cc1cc(OCC(=O)Nc2ccc(Br)cc2)c(Br)c(C)c1Cl. The van der Waals surface area contributed by atoms with Crippen LogP contribution in [0.3, 0.4) is 0 Å². The lowest BCUT2D eigenvalue weighted by Gasteiger charge is -2.13. The molecular formula is C16H14Br2ClNO2. The largest absolute Gasteiger partial charge is 0.483 e. The molecule has 1 N–H and O–H groups in total. The van der Waals surface area contributed by atoms with Crippen LogP contribution >= 0.6 is 43.5 Å². The first-order chi connectivity index (χ1) is 10.4. The van der Waals surface area contributed by atoms with E-state index in [1.807, 2.05) is 44.2 Å². The summed E-state index contributed by atoms with van der Waals surface area (Å²) in [5.74, 6) is 0.379. The molecule has 1 amide bonds. The molecule has 0 atom stereocenters. The molecule has 0 heterocycles.